The monoisotopic (exact) mass is 346 g/mol. The number of carboxylic acid groups (broad SMARTS) is 1. The first-order valence-electron chi connectivity index (χ1n) is 6.37. The van der Waals surface area contributed by atoms with Crippen LogP contribution in [0.15, 0.2) is 46.9 Å². The molecule has 108 valence electrons. The predicted molar refractivity (Wildman–Crippen MR) is 87.4 cm³/mol. The summed E-state index contributed by atoms with van der Waals surface area (Å²) in [7, 11) is 1.59. The number of hydrogen-bond acceptors (Lipinski definition) is 2. The minimum absolute atomic E-state index is 0.249. The highest BCUT2D eigenvalue weighted by Crippen LogP contribution is 2.25. The minimum atomic E-state index is -0.959. The van der Waals surface area contributed by atoms with E-state index in [1.54, 1.807) is 25.3 Å². The van der Waals surface area contributed by atoms with E-state index in [1.165, 1.54) is 0 Å². The van der Waals surface area contributed by atoms with Gasteiger partial charge >= 0.3 is 5.97 Å². The van der Waals surface area contributed by atoms with Crippen LogP contribution in [0.25, 0.3) is 11.6 Å². The molecule has 0 saturated heterocycles. The maximum atomic E-state index is 11.5. The van der Waals surface area contributed by atoms with Crippen molar-refractivity contribution in [2.75, 3.05) is 7.11 Å². The molecule has 0 aliphatic heterocycles. The van der Waals surface area contributed by atoms with Crippen LogP contribution in [-0.2, 0) is 4.79 Å². The van der Waals surface area contributed by atoms with E-state index < -0.39 is 5.97 Å². The standard InChI is InChI=1S/C17H15BrO3/c1-11-8-13(6-7-16(11)21-2)15(17(19)20)10-12-4-3-5-14(18)9-12/h3-10H,1-2H3,(H,19,20)/b15-10-. The van der Waals surface area contributed by atoms with Crippen LogP contribution in [0.4, 0.5) is 0 Å². The molecule has 0 aliphatic carbocycles. The molecule has 21 heavy (non-hydrogen) atoms. The lowest BCUT2D eigenvalue weighted by molar-refractivity contribution is -0.130. The molecule has 3 nitrogen and oxygen atoms in total. The molecular weight excluding hydrogens is 332 g/mol. The number of benzene rings is 2. The number of carbonyl (C=O) groups is 1. The highest BCUT2D eigenvalue weighted by Gasteiger charge is 2.12. The highest BCUT2D eigenvalue weighted by atomic mass is 79.9. The number of carboxylic acids is 1. The molecule has 0 aromatic heterocycles. The van der Waals surface area contributed by atoms with E-state index in [1.807, 2.05) is 37.3 Å². The number of methoxy groups -OCH3 is 1. The zero-order chi connectivity index (χ0) is 15.4. The van der Waals surface area contributed by atoms with Gasteiger partial charge in [0.1, 0.15) is 5.75 Å². The van der Waals surface area contributed by atoms with E-state index in [4.69, 9.17) is 4.74 Å². The van der Waals surface area contributed by atoms with Gasteiger partial charge in [-0.15, -0.1) is 0 Å². The SMILES string of the molecule is COc1ccc(/C(=C/c2cccc(Br)c2)C(=O)O)cc1C. The van der Waals surface area contributed by atoms with Gasteiger partial charge in [0.15, 0.2) is 0 Å². The van der Waals surface area contributed by atoms with Gasteiger partial charge in [-0.2, -0.15) is 0 Å². The van der Waals surface area contributed by atoms with E-state index >= 15 is 0 Å². The van der Waals surface area contributed by atoms with Crippen molar-refractivity contribution in [3.8, 4) is 5.75 Å². The van der Waals surface area contributed by atoms with Gasteiger partial charge in [-0.3, -0.25) is 0 Å². The molecule has 0 fully saturated rings. The van der Waals surface area contributed by atoms with Crippen molar-refractivity contribution >= 4 is 33.5 Å². The Bertz CT molecular complexity index is 705. The van der Waals surface area contributed by atoms with Gasteiger partial charge in [-0.1, -0.05) is 34.1 Å². The zero-order valence-corrected chi connectivity index (χ0v) is 13.3. The van der Waals surface area contributed by atoms with Crippen molar-refractivity contribution in [2.45, 2.75) is 6.92 Å². The summed E-state index contributed by atoms with van der Waals surface area (Å²) in [6.07, 6.45) is 1.66. The molecule has 0 aliphatic rings. The zero-order valence-electron chi connectivity index (χ0n) is 11.8. The van der Waals surface area contributed by atoms with Crippen LogP contribution >= 0.6 is 15.9 Å². The lowest BCUT2D eigenvalue weighted by Crippen LogP contribution is -2.00. The molecule has 4 heteroatoms. The van der Waals surface area contributed by atoms with Crippen LogP contribution in [-0.4, -0.2) is 18.2 Å². The smallest absolute Gasteiger partial charge is 0.336 e. The second-order valence-electron chi connectivity index (χ2n) is 4.60. The quantitative estimate of drug-likeness (QED) is 0.659. The molecular formula is C17H15BrO3. The fraction of sp³-hybridized carbons (Fsp3) is 0.118. The third-order valence-electron chi connectivity index (χ3n) is 3.10. The van der Waals surface area contributed by atoms with E-state index in [0.717, 1.165) is 21.3 Å². The minimum Gasteiger partial charge on any atom is -0.496 e. The molecule has 2 aromatic rings. The Morgan fingerprint density at radius 2 is 2.00 bits per heavy atom. The van der Waals surface area contributed by atoms with Crippen LogP contribution in [0.1, 0.15) is 16.7 Å². The number of hydrogen-bond donors (Lipinski definition) is 1. The van der Waals surface area contributed by atoms with Crippen LogP contribution in [0, 0.1) is 6.92 Å². The normalized spacial score (nSPS) is 11.3. The average Bonchev–Trinajstić information content (AvgIpc) is 2.44. The van der Waals surface area contributed by atoms with E-state index in [0.29, 0.717) is 5.56 Å². The third kappa shape index (κ3) is 3.73. The average molecular weight is 347 g/mol. The Kier molecular flexibility index (Phi) is 4.81. The molecule has 0 bridgehead atoms. The van der Waals surface area contributed by atoms with Crippen molar-refractivity contribution in [1.29, 1.82) is 0 Å². The number of aryl methyl sites for hydroxylation is 1. The van der Waals surface area contributed by atoms with Gasteiger partial charge in [-0.25, -0.2) is 4.79 Å². The van der Waals surface area contributed by atoms with Crippen LogP contribution < -0.4 is 4.74 Å². The topological polar surface area (TPSA) is 46.5 Å². The molecule has 2 aromatic carbocycles. The van der Waals surface area contributed by atoms with Crippen molar-refractivity contribution in [3.63, 3.8) is 0 Å². The Morgan fingerprint density at radius 3 is 2.57 bits per heavy atom. The van der Waals surface area contributed by atoms with Crippen LogP contribution in [0.3, 0.4) is 0 Å². The molecule has 0 saturated carbocycles. The van der Waals surface area contributed by atoms with Gasteiger partial charge < -0.3 is 9.84 Å². The molecule has 0 amide bonds. The Morgan fingerprint density at radius 1 is 1.24 bits per heavy atom. The Labute approximate surface area is 132 Å². The van der Waals surface area contributed by atoms with Gasteiger partial charge in [0.2, 0.25) is 0 Å². The van der Waals surface area contributed by atoms with E-state index in [2.05, 4.69) is 15.9 Å². The number of aliphatic carboxylic acids is 1. The fourth-order valence-electron chi connectivity index (χ4n) is 2.08. The highest BCUT2D eigenvalue weighted by molar-refractivity contribution is 9.10. The predicted octanol–water partition coefficient (Wildman–Crippen LogP) is 4.39. The summed E-state index contributed by atoms with van der Waals surface area (Å²) in [5.74, 6) is -0.217. The number of halogens is 1. The maximum Gasteiger partial charge on any atom is 0.336 e. The van der Waals surface area contributed by atoms with Crippen LogP contribution in [0.5, 0.6) is 5.75 Å². The lowest BCUT2D eigenvalue weighted by Gasteiger charge is -2.08. The summed E-state index contributed by atoms with van der Waals surface area (Å²) in [4.78, 5) is 11.5. The van der Waals surface area contributed by atoms with Gasteiger partial charge in [0.25, 0.3) is 0 Å². The summed E-state index contributed by atoms with van der Waals surface area (Å²) in [6, 6.07) is 12.9. The Balaban J connectivity index is 2.49. The summed E-state index contributed by atoms with van der Waals surface area (Å²) < 4.78 is 6.11. The van der Waals surface area contributed by atoms with E-state index in [9.17, 15) is 9.90 Å². The Hall–Kier alpha value is -2.07. The maximum absolute atomic E-state index is 11.5. The molecule has 0 atom stereocenters. The number of ether oxygens (including phenoxy) is 1. The first-order chi connectivity index (χ1) is 10.0. The first-order valence-corrected chi connectivity index (χ1v) is 7.16. The fourth-order valence-corrected chi connectivity index (χ4v) is 2.49. The van der Waals surface area contributed by atoms with Crippen molar-refractivity contribution in [3.05, 3.63) is 63.6 Å². The summed E-state index contributed by atoms with van der Waals surface area (Å²) >= 11 is 3.38. The molecule has 0 heterocycles. The van der Waals surface area contributed by atoms with Gasteiger partial charge in [0, 0.05) is 4.47 Å². The molecule has 2 rings (SSSR count). The van der Waals surface area contributed by atoms with Gasteiger partial charge in [0.05, 0.1) is 12.7 Å². The lowest BCUT2D eigenvalue weighted by atomic mass is 10.0. The van der Waals surface area contributed by atoms with Gasteiger partial charge in [-0.05, 0) is 54.0 Å². The van der Waals surface area contributed by atoms with Crippen LogP contribution in [0.2, 0.25) is 0 Å². The summed E-state index contributed by atoms with van der Waals surface area (Å²) in [6.45, 7) is 1.89. The second kappa shape index (κ2) is 6.59. The summed E-state index contributed by atoms with van der Waals surface area (Å²) in [5, 5.41) is 9.46. The van der Waals surface area contributed by atoms with Crippen molar-refractivity contribution < 1.29 is 14.6 Å². The first kappa shape index (κ1) is 15.3. The molecule has 1 N–H and O–H groups in total. The van der Waals surface area contributed by atoms with E-state index in [-0.39, 0.29) is 5.57 Å². The molecule has 0 unspecified atom stereocenters. The number of rotatable bonds is 4. The third-order valence-corrected chi connectivity index (χ3v) is 3.59. The molecule has 0 spiro atoms. The summed E-state index contributed by atoms with van der Waals surface area (Å²) in [5.41, 5.74) is 2.63. The second-order valence-corrected chi connectivity index (χ2v) is 5.52. The largest absolute Gasteiger partial charge is 0.496 e. The molecule has 0 radical (unpaired) electrons. The van der Waals surface area contributed by atoms with Crippen molar-refractivity contribution in [2.24, 2.45) is 0 Å². The van der Waals surface area contributed by atoms with Crippen molar-refractivity contribution in [1.82, 2.24) is 0 Å².